The fraction of sp³-hybridized carbons (Fsp3) is 0. The highest BCUT2D eigenvalue weighted by atomic mass is 16.3. The maximum absolute atomic E-state index is 6.81. The van der Waals surface area contributed by atoms with E-state index in [0.717, 1.165) is 161 Å². The molecule has 578 valence electrons. The molecule has 0 amide bonds. The minimum Gasteiger partial charge on any atom is -0.456 e. The number of rotatable bonds is 15. The predicted octanol–water partition coefficient (Wildman–Crippen LogP) is 34.3. The highest BCUT2D eigenvalue weighted by Crippen LogP contribution is 2.49. The molecule has 22 aromatic carbocycles. The van der Waals surface area contributed by atoms with Crippen LogP contribution in [0.4, 0.5) is 34.1 Å². The molecule has 4 nitrogen and oxygen atoms in total. The standard InChI is InChI=1S/C120H76N2O2/c1-3-22-83-65-90(45-43-77(83)19-1)81-53-59-100(60-54-81)121(115-41-11-9-34-107(115)96-55-63-117-111(72-96)113-71-88-24-5-6-25-89(88)75-119(113)123-117)99-57-49-79(50-58-99)86-28-14-31-94(68-86)105-37-17-40-110-106(38-18-39-109(105)110)95-48-47-92-76-120-114(74-98(92)69-95)112-73-97(56-64-118(112)124-120)108-35-10-12-42-116(108)122(102-32-15-29-87(70-102)91-46-44-78-20-2-4-23-84(78)66-91)101-61-51-80(52-62-101)85-27-13-30-93(67-85)104-36-16-26-82-21-7-8-33-103(82)104/h1-76H. The van der Waals surface area contributed by atoms with Crippen LogP contribution in [0.15, 0.2) is 470 Å². The lowest BCUT2D eigenvalue weighted by molar-refractivity contribution is 0.669. The first-order valence-corrected chi connectivity index (χ1v) is 42.5. The second kappa shape index (κ2) is 29.8. The zero-order valence-electron chi connectivity index (χ0n) is 67.6. The van der Waals surface area contributed by atoms with Crippen LogP contribution >= 0.6 is 0 Å². The summed E-state index contributed by atoms with van der Waals surface area (Å²) in [6, 6.07) is 169. The fourth-order valence-electron chi connectivity index (χ4n) is 19.2. The molecule has 0 fully saturated rings. The molecule has 0 saturated carbocycles. The van der Waals surface area contributed by atoms with E-state index in [1.807, 2.05) is 0 Å². The smallest absolute Gasteiger partial charge is 0.136 e. The van der Waals surface area contributed by atoms with E-state index in [-0.39, 0.29) is 0 Å². The maximum Gasteiger partial charge on any atom is 0.136 e. The molecule has 0 radical (unpaired) electrons. The fourth-order valence-corrected chi connectivity index (χ4v) is 19.2. The van der Waals surface area contributed by atoms with Gasteiger partial charge in [-0.15, -0.1) is 0 Å². The Balaban J connectivity index is 0.552. The third kappa shape index (κ3) is 12.8. The number of benzene rings is 22. The number of para-hydroxylation sites is 2. The van der Waals surface area contributed by atoms with E-state index in [2.05, 4.69) is 471 Å². The largest absolute Gasteiger partial charge is 0.456 e. The monoisotopic (exact) mass is 1580 g/mol. The molecule has 0 spiro atoms. The molecule has 0 N–H and O–H groups in total. The van der Waals surface area contributed by atoms with E-state index in [4.69, 9.17) is 8.83 Å². The summed E-state index contributed by atoms with van der Waals surface area (Å²) < 4.78 is 13.4. The van der Waals surface area contributed by atoms with Crippen molar-refractivity contribution in [3.8, 4) is 100 Å². The van der Waals surface area contributed by atoms with Crippen molar-refractivity contribution in [2.45, 2.75) is 0 Å². The highest BCUT2D eigenvalue weighted by Gasteiger charge is 2.24. The summed E-state index contributed by atoms with van der Waals surface area (Å²) in [6.07, 6.45) is 0. The van der Waals surface area contributed by atoms with Crippen LogP contribution in [-0.2, 0) is 0 Å². The lowest BCUT2D eigenvalue weighted by atomic mass is 9.91. The zero-order valence-corrected chi connectivity index (χ0v) is 67.6. The van der Waals surface area contributed by atoms with E-state index in [0.29, 0.717) is 0 Å². The van der Waals surface area contributed by atoms with Gasteiger partial charge in [0.25, 0.3) is 0 Å². The summed E-state index contributed by atoms with van der Waals surface area (Å²) in [6.45, 7) is 0. The topological polar surface area (TPSA) is 32.8 Å². The van der Waals surface area contributed by atoms with Crippen molar-refractivity contribution in [3.63, 3.8) is 0 Å². The molecule has 0 bridgehead atoms. The molecule has 0 aliphatic carbocycles. The lowest BCUT2D eigenvalue weighted by Crippen LogP contribution is -2.11. The van der Waals surface area contributed by atoms with Gasteiger partial charge in [0.15, 0.2) is 0 Å². The van der Waals surface area contributed by atoms with Crippen LogP contribution in [0.2, 0.25) is 0 Å². The summed E-state index contributed by atoms with van der Waals surface area (Å²) in [7, 11) is 0. The molecule has 4 heteroatoms. The minimum atomic E-state index is 0.845. The lowest BCUT2D eigenvalue weighted by Gasteiger charge is -2.28. The first-order chi connectivity index (χ1) is 61.4. The van der Waals surface area contributed by atoms with Gasteiger partial charge in [0, 0.05) is 55.4 Å². The Bertz CT molecular complexity index is 8370. The van der Waals surface area contributed by atoms with Gasteiger partial charge >= 0.3 is 0 Å². The Morgan fingerprint density at radius 2 is 0.427 bits per heavy atom. The SMILES string of the molecule is c1cc(-c2ccc(N(c3cccc(-c4ccc5ccccc5c4)c3)c3ccccc3-c3ccc4oc5cc6ccc(-c7cccc8c(-c9cccc(-c%10ccc(N(c%11ccc(-c%12ccc%13ccccc%13c%12)cc%11)c%11ccccc%11-c%11ccc%12oc%13cc%14ccccc%14cc%13c%12c%11)cc%10)c9)cccc78)cc6cc5c4c3)cc2)cc(-c2cccc3ccccc23)c1. The molecule has 24 rings (SSSR count). The first-order valence-electron chi connectivity index (χ1n) is 42.5. The van der Waals surface area contributed by atoms with Gasteiger partial charge < -0.3 is 18.6 Å². The van der Waals surface area contributed by atoms with Crippen molar-refractivity contribution in [2.75, 3.05) is 9.80 Å². The number of fused-ring (bicyclic) bond motifs is 12. The van der Waals surface area contributed by atoms with Crippen molar-refractivity contribution < 1.29 is 8.83 Å². The molecule has 2 aromatic heterocycles. The van der Waals surface area contributed by atoms with Gasteiger partial charge in [-0.2, -0.15) is 0 Å². The van der Waals surface area contributed by atoms with Crippen LogP contribution in [0.25, 0.3) is 209 Å². The van der Waals surface area contributed by atoms with E-state index in [9.17, 15) is 0 Å². The molecule has 0 aliphatic heterocycles. The number of nitrogens with zero attached hydrogens (tertiary/aromatic N) is 2. The van der Waals surface area contributed by atoms with Crippen LogP contribution in [0.3, 0.4) is 0 Å². The van der Waals surface area contributed by atoms with E-state index < -0.39 is 0 Å². The third-order valence-corrected chi connectivity index (χ3v) is 25.4. The van der Waals surface area contributed by atoms with Crippen LogP contribution in [-0.4, -0.2) is 0 Å². The van der Waals surface area contributed by atoms with Gasteiger partial charge in [0.2, 0.25) is 0 Å². The van der Waals surface area contributed by atoms with Gasteiger partial charge in [0.05, 0.1) is 11.4 Å². The highest BCUT2D eigenvalue weighted by molar-refractivity contribution is 6.15. The summed E-state index contributed by atoms with van der Waals surface area (Å²) in [5.41, 5.74) is 30.5. The maximum atomic E-state index is 6.81. The van der Waals surface area contributed by atoms with Crippen molar-refractivity contribution >= 4 is 143 Å². The van der Waals surface area contributed by atoms with Crippen LogP contribution in [0.5, 0.6) is 0 Å². The van der Waals surface area contributed by atoms with Crippen LogP contribution in [0.1, 0.15) is 0 Å². The minimum absolute atomic E-state index is 0.845. The van der Waals surface area contributed by atoms with E-state index in [1.54, 1.807) is 0 Å². The zero-order chi connectivity index (χ0) is 81.7. The molecular formula is C120H76N2O2. The average Bonchev–Trinajstić information content (AvgIpc) is 1.53. The molecule has 0 atom stereocenters. The molecule has 124 heavy (non-hydrogen) atoms. The van der Waals surface area contributed by atoms with Crippen molar-refractivity contribution in [1.29, 1.82) is 0 Å². The number of hydrogen-bond acceptors (Lipinski definition) is 4. The van der Waals surface area contributed by atoms with Crippen molar-refractivity contribution in [3.05, 3.63) is 461 Å². The Hall–Kier alpha value is -16.4. The summed E-state index contributed by atoms with van der Waals surface area (Å²) in [4.78, 5) is 4.83. The summed E-state index contributed by atoms with van der Waals surface area (Å²) in [5, 5.41) is 18.7. The number of anilines is 6. The van der Waals surface area contributed by atoms with Crippen LogP contribution in [0, 0.1) is 0 Å². The quantitative estimate of drug-likeness (QED) is 0.102. The second-order valence-electron chi connectivity index (χ2n) is 32.6. The third-order valence-electron chi connectivity index (χ3n) is 25.4. The van der Waals surface area contributed by atoms with Gasteiger partial charge in [0.1, 0.15) is 22.3 Å². The summed E-state index contributed by atoms with van der Waals surface area (Å²) >= 11 is 0. The number of furan rings is 2. The molecule has 0 aliphatic rings. The summed E-state index contributed by atoms with van der Waals surface area (Å²) in [5.74, 6) is 0. The van der Waals surface area contributed by atoms with E-state index >= 15 is 0 Å². The van der Waals surface area contributed by atoms with Crippen molar-refractivity contribution in [1.82, 2.24) is 0 Å². The normalized spacial score (nSPS) is 11.7. The molecule has 0 unspecified atom stereocenters. The molecule has 2 heterocycles. The Kier molecular flexibility index (Phi) is 17.2. The molecular weight excluding hydrogens is 1500 g/mol. The van der Waals surface area contributed by atoms with E-state index in [1.165, 1.54) is 81.9 Å². The molecule has 24 aromatic rings. The number of hydrogen-bond donors (Lipinski definition) is 0. The second-order valence-corrected chi connectivity index (χ2v) is 32.6. The Morgan fingerprint density at radius 3 is 0.960 bits per heavy atom. The first kappa shape index (κ1) is 71.7. The van der Waals surface area contributed by atoms with Gasteiger partial charge in [-0.25, -0.2) is 0 Å². The Morgan fingerprint density at radius 1 is 0.129 bits per heavy atom. The Labute approximate surface area is 717 Å². The van der Waals surface area contributed by atoms with Crippen LogP contribution < -0.4 is 9.80 Å². The van der Waals surface area contributed by atoms with Gasteiger partial charge in [-0.3, -0.25) is 0 Å². The van der Waals surface area contributed by atoms with Gasteiger partial charge in [-0.05, 0) is 293 Å². The average molecular weight is 1580 g/mol. The van der Waals surface area contributed by atoms with Crippen molar-refractivity contribution in [2.24, 2.45) is 0 Å². The van der Waals surface area contributed by atoms with Gasteiger partial charge in [-0.1, -0.05) is 322 Å². The predicted molar refractivity (Wildman–Crippen MR) is 524 cm³/mol. The molecule has 0 saturated heterocycles.